The van der Waals surface area contributed by atoms with Crippen LogP contribution in [0.4, 0.5) is 4.79 Å². The van der Waals surface area contributed by atoms with Crippen LogP contribution < -0.4 is 14.8 Å². The highest BCUT2D eigenvalue weighted by Gasteiger charge is 2.31. The van der Waals surface area contributed by atoms with Crippen LogP contribution in [0.2, 0.25) is 0 Å². The van der Waals surface area contributed by atoms with Gasteiger partial charge in [0.25, 0.3) is 5.91 Å². The molecule has 0 spiro atoms. The molecule has 134 valence electrons. The maximum Gasteiger partial charge on any atom is 0.331 e. The minimum Gasteiger partial charge on any atom is -0.497 e. The van der Waals surface area contributed by atoms with E-state index in [9.17, 15) is 14.4 Å². The van der Waals surface area contributed by atoms with Crippen LogP contribution in [-0.2, 0) is 14.3 Å². The zero-order chi connectivity index (χ0) is 18.4. The first kappa shape index (κ1) is 18.3. The topological polar surface area (TPSA) is 94.2 Å². The van der Waals surface area contributed by atoms with E-state index in [1.54, 1.807) is 18.2 Å². The summed E-state index contributed by atoms with van der Waals surface area (Å²) < 4.78 is 15.3. The lowest BCUT2D eigenvalue weighted by Gasteiger charge is -2.17. The van der Waals surface area contributed by atoms with Crippen LogP contribution in [-0.4, -0.2) is 56.2 Å². The van der Waals surface area contributed by atoms with E-state index in [0.717, 1.165) is 4.90 Å². The number of nitrogens with zero attached hydrogens (tertiary/aromatic N) is 1. The molecule has 1 saturated heterocycles. The number of amides is 3. The molecule has 1 N–H and O–H groups in total. The van der Waals surface area contributed by atoms with Gasteiger partial charge in [-0.3, -0.25) is 9.69 Å². The Bertz CT molecular complexity index is 678. The second-order valence-electron chi connectivity index (χ2n) is 5.28. The fourth-order valence-electron chi connectivity index (χ4n) is 2.26. The lowest BCUT2D eigenvalue weighted by Crippen LogP contribution is -2.41. The zero-order valence-electron chi connectivity index (χ0n) is 14.3. The normalized spacial score (nSPS) is 15.0. The van der Waals surface area contributed by atoms with Crippen LogP contribution in [0.15, 0.2) is 24.3 Å². The molecule has 0 radical (unpaired) electrons. The summed E-state index contributed by atoms with van der Waals surface area (Å²) in [6.45, 7) is 2.08. The third-order valence-corrected chi connectivity index (χ3v) is 3.55. The van der Waals surface area contributed by atoms with E-state index in [4.69, 9.17) is 14.2 Å². The van der Waals surface area contributed by atoms with Crippen molar-refractivity contribution >= 4 is 24.0 Å². The molecule has 1 atom stereocenters. The quantitative estimate of drug-likeness (QED) is 0.613. The molecule has 0 bridgehead atoms. The first-order valence-electron chi connectivity index (χ1n) is 7.65. The molecule has 2 rings (SSSR count). The van der Waals surface area contributed by atoms with Gasteiger partial charge in [-0.2, -0.15) is 0 Å². The Hall–Kier alpha value is -3.03. The first-order valence-corrected chi connectivity index (χ1v) is 7.65. The predicted octanol–water partition coefficient (Wildman–Crippen LogP) is 1.20. The Kier molecular flexibility index (Phi) is 5.99. The largest absolute Gasteiger partial charge is 0.497 e. The van der Waals surface area contributed by atoms with Gasteiger partial charge in [-0.15, -0.1) is 0 Å². The minimum absolute atomic E-state index is 0.263. The van der Waals surface area contributed by atoms with Crippen molar-refractivity contribution in [2.45, 2.75) is 13.0 Å². The highest BCUT2D eigenvalue weighted by molar-refractivity contribution is 5.99. The Morgan fingerprint density at radius 3 is 2.36 bits per heavy atom. The van der Waals surface area contributed by atoms with E-state index in [1.165, 1.54) is 33.3 Å². The Morgan fingerprint density at radius 1 is 1.20 bits per heavy atom. The number of urea groups is 1. The molecular formula is C17H20N2O6. The number of nitrogens with one attached hydrogen (secondary N) is 1. The molecule has 25 heavy (non-hydrogen) atoms. The summed E-state index contributed by atoms with van der Waals surface area (Å²) in [5.74, 6) is -0.0889. The first-order chi connectivity index (χ1) is 11.9. The summed E-state index contributed by atoms with van der Waals surface area (Å²) in [5.41, 5.74) is 0.672. The lowest BCUT2D eigenvalue weighted by atomic mass is 10.2. The number of ether oxygens (including phenoxy) is 3. The van der Waals surface area contributed by atoms with Gasteiger partial charge in [0, 0.05) is 25.2 Å². The predicted molar refractivity (Wildman–Crippen MR) is 89.2 cm³/mol. The van der Waals surface area contributed by atoms with Gasteiger partial charge in [-0.25, -0.2) is 9.59 Å². The molecule has 8 heteroatoms. The van der Waals surface area contributed by atoms with Crippen molar-refractivity contribution in [3.63, 3.8) is 0 Å². The van der Waals surface area contributed by atoms with Crippen LogP contribution in [0.25, 0.3) is 6.08 Å². The average molecular weight is 348 g/mol. The fraction of sp³-hybridized carbons (Fsp3) is 0.353. The lowest BCUT2D eigenvalue weighted by molar-refractivity contribution is -0.153. The molecule has 3 amide bonds. The van der Waals surface area contributed by atoms with Crippen molar-refractivity contribution in [2.75, 3.05) is 27.3 Å². The van der Waals surface area contributed by atoms with E-state index in [0.29, 0.717) is 23.6 Å². The molecular weight excluding hydrogens is 328 g/mol. The smallest absolute Gasteiger partial charge is 0.331 e. The summed E-state index contributed by atoms with van der Waals surface area (Å²) in [6.07, 6.45) is 1.66. The molecule has 0 unspecified atom stereocenters. The van der Waals surface area contributed by atoms with Crippen molar-refractivity contribution < 1.29 is 28.6 Å². The number of esters is 1. The van der Waals surface area contributed by atoms with E-state index < -0.39 is 24.0 Å². The van der Waals surface area contributed by atoms with Crippen molar-refractivity contribution in [3.05, 3.63) is 29.8 Å². The van der Waals surface area contributed by atoms with Crippen LogP contribution in [0.5, 0.6) is 11.5 Å². The summed E-state index contributed by atoms with van der Waals surface area (Å²) in [6, 6.07) is 4.66. The molecule has 1 heterocycles. The molecule has 0 aliphatic carbocycles. The standard InChI is InChI=1S/C17H20N2O6/c1-11(16(21)19-7-6-18-17(19)22)25-15(20)5-4-12-8-13(23-2)10-14(9-12)24-3/h4-5,8-11H,6-7H2,1-3H3,(H,18,22)/b5-4+/t11-/m1/s1. The molecule has 1 aromatic carbocycles. The summed E-state index contributed by atoms with van der Waals surface area (Å²) >= 11 is 0. The number of rotatable bonds is 6. The number of carbonyl (C=O) groups excluding carboxylic acids is 3. The maximum atomic E-state index is 12.1. The van der Waals surface area contributed by atoms with Gasteiger partial charge in [0.1, 0.15) is 11.5 Å². The summed E-state index contributed by atoms with van der Waals surface area (Å²) in [5, 5.41) is 2.51. The number of methoxy groups -OCH3 is 2. The van der Waals surface area contributed by atoms with Gasteiger partial charge in [-0.1, -0.05) is 0 Å². The second-order valence-corrected chi connectivity index (χ2v) is 5.28. The van der Waals surface area contributed by atoms with E-state index in [1.807, 2.05) is 0 Å². The van der Waals surface area contributed by atoms with Crippen molar-refractivity contribution in [1.29, 1.82) is 0 Å². The second kappa shape index (κ2) is 8.18. The third-order valence-electron chi connectivity index (χ3n) is 3.55. The number of imide groups is 1. The number of hydrogen-bond acceptors (Lipinski definition) is 6. The van der Waals surface area contributed by atoms with Crippen LogP contribution >= 0.6 is 0 Å². The van der Waals surface area contributed by atoms with Gasteiger partial charge in [-0.05, 0) is 30.7 Å². The number of hydrogen-bond donors (Lipinski definition) is 1. The SMILES string of the molecule is COc1cc(/C=C/C(=O)O[C@H](C)C(=O)N2CCNC2=O)cc(OC)c1. The van der Waals surface area contributed by atoms with Crippen LogP contribution in [0.1, 0.15) is 12.5 Å². The molecule has 1 aliphatic rings. The van der Waals surface area contributed by atoms with Crippen LogP contribution in [0, 0.1) is 0 Å². The maximum absolute atomic E-state index is 12.1. The van der Waals surface area contributed by atoms with Gasteiger partial charge in [0.15, 0.2) is 6.10 Å². The Labute approximate surface area is 145 Å². The minimum atomic E-state index is -1.05. The molecule has 1 aliphatic heterocycles. The third kappa shape index (κ3) is 4.72. The zero-order valence-corrected chi connectivity index (χ0v) is 14.3. The molecule has 0 aromatic heterocycles. The average Bonchev–Trinajstić information content (AvgIpc) is 3.04. The molecule has 1 aromatic rings. The highest BCUT2D eigenvalue weighted by atomic mass is 16.5. The van der Waals surface area contributed by atoms with Gasteiger partial charge >= 0.3 is 12.0 Å². The molecule has 0 saturated carbocycles. The van der Waals surface area contributed by atoms with Gasteiger partial charge in [0.2, 0.25) is 0 Å². The number of carbonyl (C=O) groups is 3. The van der Waals surface area contributed by atoms with Crippen molar-refractivity contribution in [1.82, 2.24) is 10.2 Å². The summed E-state index contributed by atoms with van der Waals surface area (Å²) in [7, 11) is 3.05. The van der Waals surface area contributed by atoms with Gasteiger partial charge < -0.3 is 19.5 Å². The van der Waals surface area contributed by atoms with E-state index in [2.05, 4.69) is 5.32 Å². The highest BCUT2D eigenvalue weighted by Crippen LogP contribution is 2.23. The molecule has 1 fully saturated rings. The Balaban J connectivity index is 1.98. The molecule has 8 nitrogen and oxygen atoms in total. The fourth-order valence-corrected chi connectivity index (χ4v) is 2.26. The van der Waals surface area contributed by atoms with Crippen LogP contribution in [0.3, 0.4) is 0 Å². The van der Waals surface area contributed by atoms with E-state index >= 15 is 0 Å². The number of benzene rings is 1. The van der Waals surface area contributed by atoms with Gasteiger partial charge in [0.05, 0.1) is 14.2 Å². The monoisotopic (exact) mass is 348 g/mol. The van der Waals surface area contributed by atoms with Crippen molar-refractivity contribution in [3.8, 4) is 11.5 Å². The Morgan fingerprint density at radius 2 is 1.84 bits per heavy atom. The van der Waals surface area contributed by atoms with E-state index in [-0.39, 0.29) is 6.54 Å². The van der Waals surface area contributed by atoms with Crippen molar-refractivity contribution in [2.24, 2.45) is 0 Å². The summed E-state index contributed by atoms with van der Waals surface area (Å²) in [4.78, 5) is 36.4.